The lowest BCUT2D eigenvalue weighted by Crippen LogP contribution is -2.46. The summed E-state index contributed by atoms with van der Waals surface area (Å²) in [6, 6.07) is 10.8. The van der Waals surface area contributed by atoms with Crippen LogP contribution >= 0.6 is 0 Å². The molecule has 1 fully saturated rings. The molecule has 4 aromatic rings. The Bertz CT molecular complexity index is 1590. The molecule has 0 unspecified atom stereocenters. The van der Waals surface area contributed by atoms with E-state index in [1.54, 1.807) is 17.0 Å². The van der Waals surface area contributed by atoms with Gasteiger partial charge in [-0.25, -0.2) is 13.8 Å². The van der Waals surface area contributed by atoms with Crippen molar-refractivity contribution < 1.29 is 23.0 Å². The Morgan fingerprint density at radius 1 is 1.02 bits per heavy atom. The van der Waals surface area contributed by atoms with Gasteiger partial charge in [0.05, 0.1) is 49.4 Å². The number of benzene rings is 2. The molecule has 0 bridgehead atoms. The number of nitrogens with one attached hydrogen (secondary N) is 2. The third-order valence-electron chi connectivity index (χ3n) is 7.54. The molecule has 3 heterocycles. The van der Waals surface area contributed by atoms with Crippen LogP contribution in [0.5, 0.6) is 11.5 Å². The number of aromatic nitrogens is 2. The molecule has 2 aromatic carbocycles. The Hall–Kier alpha value is -4.64. The van der Waals surface area contributed by atoms with Gasteiger partial charge < -0.3 is 34.5 Å². The highest BCUT2D eigenvalue weighted by molar-refractivity contribution is 6.02. The third kappa shape index (κ3) is 5.87. The zero-order chi connectivity index (χ0) is 29.8. The van der Waals surface area contributed by atoms with Gasteiger partial charge in [-0.05, 0) is 43.0 Å². The summed E-state index contributed by atoms with van der Waals surface area (Å²) in [5.41, 5.74) is 2.80. The van der Waals surface area contributed by atoms with Crippen molar-refractivity contribution in [3.63, 3.8) is 0 Å². The quantitative estimate of drug-likeness (QED) is 0.245. The van der Waals surface area contributed by atoms with Crippen molar-refractivity contribution in [2.75, 3.05) is 62.5 Å². The van der Waals surface area contributed by atoms with E-state index in [0.29, 0.717) is 22.7 Å². The van der Waals surface area contributed by atoms with E-state index in [1.807, 2.05) is 30.3 Å². The second-order valence-corrected chi connectivity index (χ2v) is 9.93. The number of halogens is 2. The number of ether oxygens (including phenoxy) is 2. The number of carbonyl (C=O) groups excluding carboxylic acids is 1. The van der Waals surface area contributed by atoms with E-state index in [9.17, 15) is 13.6 Å². The number of pyridine rings is 1. The van der Waals surface area contributed by atoms with Crippen LogP contribution < -0.4 is 25.0 Å². The Labute approximate surface area is 243 Å². The maximum Gasteiger partial charge on any atom is 0.247 e. The molecule has 2 aromatic heterocycles. The van der Waals surface area contributed by atoms with Crippen LogP contribution in [0.1, 0.15) is 12.5 Å². The van der Waals surface area contributed by atoms with E-state index in [-0.39, 0.29) is 29.5 Å². The number of methoxy groups -OCH3 is 2. The molecule has 1 aliphatic heterocycles. The molecule has 0 saturated carbocycles. The Balaban J connectivity index is 1.40. The predicted molar refractivity (Wildman–Crippen MR) is 161 cm³/mol. The molecule has 9 nitrogen and oxygen atoms in total. The van der Waals surface area contributed by atoms with Crippen molar-refractivity contribution >= 4 is 39.7 Å². The molecule has 5 rings (SSSR count). The Morgan fingerprint density at radius 3 is 2.38 bits per heavy atom. The predicted octanol–water partition coefficient (Wildman–Crippen LogP) is 5.39. The van der Waals surface area contributed by atoms with Gasteiger partial charge in [-0.3, -0.25) is 4.79 Å². The van der Waals surface area contributed by atoms with Crippen LogP contribution in [0.3, 0.4) is 0 Å². The summed E-state index contributed by atoms with van der Waals surface area (Å²) in [7, 11) is 2.64. The van der Waals surface area contributed by atoms with E-state index in [2.05, 4.69) is 38.9 Å². The van der Waals surface area contributed by atoms with Crippen LogP contribution in [0.15, 0.2) is 61.4 Å². The average Bonchev–Trinajstić information content (AvgIpc) is 3.42. The van der Waals surface area contributed by atoms with Gasteiger partial charge in [0.15, 0.2) is 23.1 Å². The number of amides is 1. The largest absolute Gasteiger partial charge is 0.494 e. The topological polar surface area (TPSA) is 83.9 Å². The van der Waals surface area contributed by atoms with E-state index in [1.165, 1.54) is 26.4 Å². The van der Waals surface area contributed by atoms with Crippen LogP contribution in [-0.4, -0.2) is 67.3 Å². The number of hydrogen-bond donors (Lipinski definition) is 2. The second-order valence-electron chi connectivity index (χ2n) is 9.93. The van der Waals surface area contributed by atoms with E-state index in [0.717, 1.165) is 43.8 Å². The van der Waals surface area contributed by atoms with Gasteiger partial charge in [0.25, 0.3) is 0 Å². The zero-order valence-corrected chi connectivity index (χ0v) is 23.9. The number of piperazine rings is 1. The normalized spacial score (nSPS) is 13.7. The number of likely N-dealkylation sites (N-methyl/N-ethyl adjacent to an activating group) is 1. The summed E-state index contributed by atoms with van der Waals surface area (Å²) in [5.74, 6) is -1.54. The summed E-state index contributed by atoms with van der Waals surface area (Å²) >= 11 is 0. The van der Waals surface area contributed by atoms with Gasteiger partial charge in [-0.15, -0.1) is 0 Å². The maximum atomic E-state index is 15.0. The third-order valence-corrected chi connectivity index (χ3v) is 7.54. The van der Waals surface area contributed by atoms with E-state index < -0.39 is 11.6 Å². The van der Waals surface area contributed by atoms with Crippen LogP contribution in [0.2, 0.25) is 0 Å². The number of hydrogen-bond acceptors (Lipinski definition) is 7. The Morgan fingerprint density at radius 2 is 1.74 bits per heavy atom. The summed E-state index contributed by atoms with van der Waals surface area (Å²) in [6.45, 7) is 10.5. The lowest BCUT2D eigenvalue weighted by Gasteiger charge is -2.35. The number of anilines is 4. The summed E-state index contributed by atoms with van der Waals surface area (Å²) in [5, 5.41) is 7.01. The minimum atomic E-state index is -0.784. The maximum absolute atomic E-state index is 15.0. The van der Waals surface area contributed by atoms with Crippen molar-refractivity contribution in [2.24, 2.45) is 0 Å². The SMILES string of the molecule is C=CC(=O)Nc1cc(N2CCN(CC)CC2)ccc1Nc1cc2ccn(Cc3c(F)c(OC)cc(OC)c3F)c2cn1. The van der Waals surface area contributed by atoms with Gasteiger partial charge in [0.1, 0.15) is 5.82 Å². The molecule has 1 amide bonds. The molecule has 42 heavy (non-hydrogen) atoms. The fraction of sp³-hybridized carbons (Fsp3) is 0.290. The van der Waals surface area contributed by atoms with Crippen LogP contribution in [0, 0.1) is 11.6 Å². The monoisotopic (exact) mass is 576 g/mol. The van der Waals surface area contributed by atoms with E-state index >= 15 is 0 Å². The average molecular weight is 577 g/mol. The minimum absolute atomic E-state index is 0.0884. The molecule has 0 spiro atoms. The number of carbonyl (C=O) groups is 1. The molecule has 1 saturated heterocycles. The molecular formula is C31H34F2N6O3. The Kier molecular flexibility index (Phi) is 8.58. The van der Waals surface area contributed by atoms with Crippen LogP contribution in [-0.2, 0) is 11.3 Å². The standard InChI is InChI=1S/C31H34F2N6O3/c1-5-29(40)36-24-16-21(38-13-11-37(6-2)12-14-38)7-8-23(24)35-28-15-20-9-10-39(25(20)18-34-28)19-22-30(32)26(41-3)17-27(42-4)31(22)33/h5,7-10,15-18H,1,6,11-14,19H2,2-4H3,(H,34,35)(H,36,40). The van der Waals surface area contributed by atoms with Crippen molar-refractivity contribution in [1.29, 1.82) is 0 Å². The second kappa shape index (κ2) is 12.5. The summed E-state index contributed by atoms with van der Waals surface area (Å²) in [4.78, 5) is 21.5. The van der Waals surface area contributed by atoms with Gasteiger partial charge >= 0.3 is 0 Å². The highest BCUT2D eigenvalue weighted by atomic mass is 19.1. The first-order valence-electron chi connectivity index (χ1n) is 13.7. The smallest absolute Gasteiger partial charge is 0.247 e. The van der Waals surface area contributed by atoms with Crippen molar-refractivity contribution in [2.45, 2.75) is 13.5 Å². The van der Waals surface area contributed by atoms with Gasteiger partial charge in [0.2, 0.25) is 5.91 Å². The molecule has 0 atom stereocenters. The molecule has 0 aliphatic carbocycles. The van der Waals surface area contributed by atoms with Gasteiger partial charge in [-0.2, -0.15) is 0 Å². The summed E-state index contributed by atoms with van der Waals surface area (Å²) in [6.07, 6.45) is 4.60. The fourth-order valence-electron chi connectivity index (χ4n) is 5.13. The highest BCUT2D eigenvalue weighted by Gasteiger charge is 2.21. The zero-order valence-electron chi connectivity index (χ0n) is 23.9. The van der Waals surface area contributed by atoms with Crippen LogP contribution in [0.25, 0.3) is 10.9 Å². The van der Waals surface area contributed by atoms with Gasteiger partial charge in [0, 0.05) is 49.5 Å². The minimum Gasteiger partial charge on any atom is -0.494 e. The van der Waals surface area contributed by atoms with Crippen molar-refractivity contribution in [1.82, 2.24) is 14.5 Å². The van der Waals surface area contributed by atoms with Crippen molar-refractivity contribution in [3.05, 3.63) is 78.6 Å². The summed E-state index contributed by atoms with van der Waals surface area (Å²) < 4.78 is 41.8. The first kappa shape index (κ1) is 28.9. The van der Waals surface area contributed by atoms with E-state index in [4.69, 9.17) is 9.47 Å². The molecular weight excluding hydrogens is 542 g/mol. The fourth-order valence-corrected chi connectivity index (χ4v) is 5.13. The first-order valence-corrected chi connectivity index (χ1v) is 13.7. The lowest BCUT2D eigenvalue weighted by molar-refractivity contribution is -0.111. The molecule has 220 valence electrons. The van der Waals surface area contributed by atoms with Crippen molar-refractivity contribution in [3.8, 4) is 11.5 Å². The molecule has 2 N–H and O–H groups in total. The van der Waals surface area contributed by atoms with Gasteiger partial charge in [-0.1, -0.05) is 13.5 Å². The molecule has 0 radical (unpaired) electrons. The first-order chi connectivity index (χ1) is 20.3. The number of rotatable bonds is 10. The highest BCUT2D eigenvalue weighted by Crippen LogP contribution is 2.34. The molecule has 11 heteroatoms. The number of nitrogens with zero attached hydrogens (tertiary/aromatic N) is 4. The lowest BCUT2D eigenvalue weighted by atomic mass is 10.1. The van der Waals surface area contributed by atoms with Crippen LogP contribution in [0.4, 0.5) is 31.7 Å². The molecule has 1 aliphatic rings. The number of fused-ring (bicyclic) bond motifs is 1.